The summed E-state index contributed by atoms with van der Waals surface area (Å²) >= 11 is 0. The molecule has 1 heterocycles. The number of rotatable bonds is 0. The Kier molecular flexibility index (Phi) is 3.10. The van der Waals surface area contributed by atoms with Crippen molar-refractivity contribution in [1.82, 2.24) is 0 Å². The number of nitrogens with zero attached hydrogens (tertiary/aromatic N) is 1. The molecular weight excluding hydrogens is 152 g/mol. The van der Waals surface area contributed by atoms with Crippen LogP contribution in [0.1, 0.15) is 20.8 Å². The monoisotopic (exact) mass is 166 g/mol. The molecule has 0 atom stereocenters. The van der Waals surface area contributed by atoms with E-state index in [-0.39, 0.29) is 5.48 Å². The van der Waals surface area contributed by atoms with Crippen molar-refractivity contribution in [3.05, 3.63) is 23.3 Å². The van der Waals surface area contributed by atoms with Gasteiger partial charge in [0.1, 0.15) is 5.84 Å². The van der Waals surface area contributed by atoms with E-state index in [9.17, 15) is 0 Å². The van der Waals surface area contributed by atoms with E-state index in [1.165, 1.54) is 0 Å². The van der Waals surface area contributed by atoms with E-state index < -0.39 is 0 Å². The van der Waals surface area contributed by atoms with Crippen LogP contribution in [0.4, 0.5) is 0 Å². The maximum atomic E-state index is 7.46. The first kappa shape index (κ1) is 10.8. The van der Waals surface area contributed by atoms with Gasteiger partial charge in [-0.3, -0.25) is 5.41 Å². The molecule has 0 saturated heterocycles. The average molecular weight is 166 g/mol. The smallest absolute Gasteiger partial charge is 0.147 e. The first-order chi connectivity index (χ1) is 5.04. The zero-order valence-electron chi connectivity index (χ0n) is 7.65. The Morgan fingerprint density at radius 1 is 1.17 bits per heavy atom. The van der Waals surface area contributed by atoms with Gasteiger partial charge in [0.05, 0.1) is 0 Å². The molecule has 3 N–H and O–H groups in total. The number of hydrogen-bond donors (Lipinski definition) is 1. The average Bonchev–Trinajstić information content (AvgIpc) is 1.97. The third kappa shape index (κ3) is 1.51. The van der Waals surface area contributed by atoms with Gasteiger partial charge in [-0.25, -0.2) is 4.99 Å². The fraction of sp³-hybridized carbons (Fsp3) is 0.333. The van der Waals surface area contributed by atoms with Crippen molar-refractivity contribution < 1.29 is 5.48 Å². The molecule has 0 aromatic rings. The fourth-order valence-electron chi connectivity index (χ4n) is 0.994. The lowest BCUT2D eigenvalue weighted by Crippen LogP contribution is -2.12. The molecule has 0 unspecified atom stereocenters. The Hall–Kier alpha value is -1.22. The van der Waals surface area contributed by atoms with Gasteiger partial charge in [-0.15, -0.1) is 0 Å². The van der Waals surface area contributed by atoms with Crippen LogP contribution in [-0.4, -0.2) is 17.0 Å². The Morgan fingerprint density at radius 2 is 1.67 bits per heavy atom. The van der Waals surface area contributed by atoms with Crippen LogP contribution in [0.3, 0.4) is 0 Å². The number of hydrogen-bond acceptors (Lipinski definition) is 1. The second-order valence-corrected chi connectivity index (χ2v) is 2.77. The maximum absolute atomic E-state index is 7.46. The van der Waals surface area contributed by atoms with Gasteiger partial charge in [0.25, 0.3) is 0 Å². The summed E-state index contributed by atoms with van der Waals surface area (Å²) in [7, 11) is 0. The molecule has 1 aliphatic heterocycles. The van der Waals surface area contributed by atoms with Crippen LogP contribution in [-0.2, 0) is 0 Å². The number of amidine groups is 1. The van der Waals surface area contributed by atoms with Crippen molar-refractivity contribution in [3.63, 3.8) is 0 Å². The van der Waals surface area contributed by atoms with Gasteiger partial charge >= 0.3 is 0 Å². The maximum Gasteiger partial charge on any atom is 0.147 e. The Balaban J connectivity index is 0.00000121. The Morgan fingerprint density at radius 3 is 2.17 bits per heavy atom. The molecule has 0 bridgehead atoms. The zero-order valence-corrected chi connectivity index (χ0v) is 7.65. The third-order valence-electron chi connectivity index (χ3n) is 2.09. The van der Waals surface area contributed by atoms with E-state index in [4.69, 9.17) is 5.41 Å². The second kappa shape index (κ2) is 3.45. The summed E-state index contributed by atoms with van der Waals surface area (Å²) in [5.41, 5.74) is 3.83. The fourth-order valence-corrected chi connectivity index (χ4v) is 0.994. The molecule has 0 fully saturated rings. The first-order valence-corrected chi connectivity index (χ1v) is 3.55. The SMILES string of the molecule is C=C1C(C)=NC(=N)C(C)=C1C.O. The molecule has 0 spiro atoms. The van der Waals surface area contributed by atoms with Gasteiger partial charge in [-0.05, 0) is 37.5 Å². The normalized spacial score (nSPS) is 17.4. The second-order valence-electron chi connectivity index (χ2n) is 2.77. The van der Waals surface area contributed by atoms with Crippen molar-refractivity contribution >= 4 is 11.5 Å². The number of dihydropyridines is 1. The Labute approximate surface area is 72.3 Å². The van der Waals surface area contributed by atoms with Crippen molar-refractivity contribution in [2.24, 2.45) is 4.99 Å². The van der Waals surface area contributed by atoms with Crippen LogP contribution in [0.15, 0.2) is 28.3 Å². The molecule has 1 rings (SSSR count). The van der Waals surface area contributed by atoms with E-state index in [0.29, 0.717) is 5.84 Å². The predicted molar refractivity (Wildman–Crippen MR) is 52.0 cm³/mol. The molecule has 66 valence electrons. The quantitative estimate of drug-likeness (QED) is 0.566. The lowest BCUT2D eigenvalue weighted by atomic mass is 9.97. The molecule has 0 aliphatic carbocycles. The largest absolute Gasteiger partial charge is 0.412 e. The van der Waals surface area contributed by atoms with Gasteiger partial charge < -0.3 is 5.48 Å². The summed E-state index contributed by atoms with van der Waals surface area (Å²) in [5.74, 6) is 0.368. The van der Waals surface area contributed by atoms with E-state index in [1.807, 2.05) is 20.8 Å². The zero-order chi connectivity index (χ0) is 8.59. The van der Waals surface area contributed by atoms with Gasteiger partial charge in [-0.2, -0.15) is 0 Å². The highest BCUT2D eigenvalue weighted by molar-refractivity contribution is 6.16. The summed E-state index contributed by atoms with van der Waals surface area (Å²) in [5, 5.41) is 7.46. The minimum Gasteiger partial charge on any atom is -0.412 e. The molecule has 3 heteroatoms. The highest BCUT2D eigenvalue weighted by Crippen LogP contribution is 2.20. The topological polar surface area (TPSA) is 67.7 Å². The lowest BCUT2D eigenvalue weighted by molar-refractivity contribution is 0.824. The van der Waals surface area contributed by atoms with Crippen LogP contribution in [0.5, 0.6) is 0 Å². The minimum absolute atomic E-state index is 0. The van der Waals surface area contributed by atoms with Crippen molar-refractivity contribution in [2.75, 3.05) is 0 Å². The summed E-state index contributed by atoms with van der Waals surface area (Å²) in [6.45, 7) is 9.64. The summed E-state index contributed by atoms with van der Waals surface area (Å²) in [6.07, 6.45) is 0. The van der Waals surface area contributed by atoms with Crippen molar-refractivity contribution in [2.45, 2.75) is 20.8 Å². The molecule has 0 aromatic carbocycles. The van der Waals surface area contributed by atoms with E-state index in [0.717, 1.165) is 22.4 Å². The van der Waals surface area contributed by atoms with Gasteiger partial charge in [-0.1, -0.05) is 6.58 Å². The summed E-state index contributed by atoms with van der Waals surface area (Å²) < 4.78 is 0. The van der Waals surface area contributed by atoms with Crippen LogP contribution >= 0.6 is 0 Å². The van der Waals surface area contributed by atoms with Crippen LogP contribution < -0.4 is 0 Å². The lowest BCUT2D eigenvalue weighted by Gasteiger charge is -2.15. The molecule has 12 heavy (non-hydrogen) atoms. The molecule has 0 amide bonds. The predicted octanol–water partition coefficient (Wildman–Crippen LogP) is 1.51. The number of allylic oxidation sites excluding steroid dienone is 2. The van der Waals surface area contributed by atoms with Gasteiger partial charge in [0, 0.05) is 5.71 Å². The first-order valence-electron chi connectivity index (χ1n) is 3.55. The molecule has 0 aromatic heterocycles. The summed E-state index contributed by atoms with van der Waals surface area (Å²) in [6, 6.07) is 0. The van der Waals surface area contributed by atoms with Crippen molar-refractivity contribution in [1.29, 1.82) is 5.41 Å². The van der Waals surface area contributed by atoms with Crippen LogP contribution in [0, 0.1) is 5.41 Å². The molecule has 3 nitrogen and oxygen atoms in total. The minimum atomic E-state index is 0. The summed E-state index contributed by atoms with van der Waals surface area (Å²) in [4.78, 5) is 4.04. The van der Waals surface area contributed by atoms with Gasteiger partial charge in [0.2, 0.25) is 0 Å². The Bertz CT molecular complexity index is 298. The number of nitrogens with one attached hydrogen (secondary N) is 1. The van der Waals surface area contributed by atoms with Gasteiger partial charge in [0.15, 0.2) is 0 Å². The molecular formula is C9H14N2O. The van der Waals surface area contributed by atoms with Crippen LogP contribution in [0.25, 0.3) is 0 Å². The van der Waals surface area contributed by atoms with E-state index >= 15 is 0 Å². The molecule has 0 saturated carbocycles. The standard InChI is InChI=1S/C9H12N2.H2O/c1-5-6(2)8(4)11-9(10)7(5)3;/h10H,2H2,1,3-4H3;1H2. The molecule has 0 radical (unpaired) electrons. The van der Waals surface area contributed by atoms with E-state index in [2.05, 4.69) is 11.6 Å². The van der Waals surface area contributed by atoms with E-state index in [1.54, 1.807) is 0 Å². The third-order valence-corrected chi connectivity index (χ3v) is 2.09. The molecule has 1 aliphatic rings. The van der Waals surface area contributed by atoms with Crippen molar-refractivity contribution in [3.8, 4) is 0 Å². The highest BCUT2D eigenvalue weighted by Gasteiger charge is 2.13. The number of aliphatic imine (C=N–C) groups is 1. The highest BCUT2D eigenvalue weighted by atomic mass is 16.0. The van der Waals surface area contributed by atoms with Crippen LogP contribution in [0.2, 0.25) is 0 Å².